The number of rotatable bonds is 5. The standard InChI is InChI=1S/C26H28N2O4S/c1-19-6-4-10-22-18-32-26(29)28(25(19)22)23-12-15-27(16-13-23)33(30,31)17-14-21-9-5-8-20-7-2-3-11-24(20)21/h2-11,23H,12-18H2,1H3. The molecule has 0 aromatic heterocycles. The fourth-order valence-electron chi connectivity index (χ4n) is 5.07. The van der Waals surface area contributed by atoms with E-state index in [4.69, 9.17) is 4.74 Å². The molecule has 172 valence electrons. The highest BCUT2D eigenvalue weighted by atomic mass is 32.2. The van der Waals surface area contributed by atoms with Crippen LogP contribution in [0.3, 0.4) is 0 Å². The summed E-state index contributed by atoms with van der Waals surface area (Å²) in [6, 6.07) is 20.0. The zero-order chi connectivity index (χ0) is 23.0. The number of piperidine rings is 1. The number of carbonyl (C=O) groups is 1. The number of amides is 1. The lowest BCUT2D eigenvalue weighted by atomic mass is 10.00. The quantitative estimate of drug-likeness (QED) is 0.552. The van der Waals surface area contributed by atoms with E-state index in [1.807, 2.05) is 67.6 Å². The van der Waals surface area contributed by atoms with E-state index < -0.39 is 10.0 Å². The summed E-state index contributed by atoms with van der Waals surface area (Å²) in [7, 11) is -3.39. The summed E-state index contributed by atoms with van der Waals surface area (Å²) in [5.41, 5.74) is 4.01. The molecule has 0 unspecified atom stereocenters. The van der Waals surface area contributed by atoms with Gasteiger partial charge >= 0.3 is 6.09 Å². The van der Waals surface area contributed by atoms with Crippen molar-refractivity contribution < 1.29 is 17.9 Å². The Hall–Kier alpha value is -2.90. The van der Waals surface area contributed by atoms with Crippen molar-refractivity contribution in [1.82, 2.24) is 4.31 Å². The average Bonchev–Trinajstić information content (AvgIpc) is 2.83. The molecule has 2 heterocycles. The smallest absolute Gasteiger partial charge is 0.414 e. The van der Waals surface area contributed by atoms with Crippen LogP contribution in [0.1, 0.15) is 29.5 Å². The van der Waals surface area contributed by atoms with Crippen LogP contribution in [0.5, 0.6) is 0 Å². The summed E-state index contributed by atoms with van der Waals surface area (Å²) in [6.07, 6.45) is 1.33. The highest BCUT2D eigenvalue weighted by Crippen LogP contribution is 2.35. The molecule has 3 aromatic carbocycles. The zero-order valence-electron chi connectivity index (χ0n) is 18.7. The number of para-hydroxylation sites is 1. The molecule has 0 saturated carbocycles. The van der Waals surface area contributed by atoms with Gasteiger partial charge in [0.25, 0.3) is 0 Å². The number of sulfonamides is 1. The van der Waals surface area contributed by atoms with Gasteiger partial charge in [0.05, 0.1) is 11.4 Å². The second kappa shape index (κ2) is 8.80. The van der Waals surface area contributed by atoms with Crippen LogP contribution in [0.4, 0.5) is 10.5 Å². The Morgan fingerprint density at radius 2 is 1.70 bits per heavy atom. The summed E-state index contributed by atoms with van der Waals surface area (Å²) >= 11 is 0. The van der Waals surface area contributed by atoms with Crippen molar-refractivity contribution in [3.05, 3.63) is 77.4 Å². The van der Waals surface area contributed by atoms with Gasteiger partial charge in [-0.05, 0) is 48.1 Å². The van der Waals surface area contributed by atoms with E-state index in [2.05, 4.69) is 0 Å². The number of carbonyl (C=O) groups excluding carboxylic acids is 1. The van der Waals surface area contributed by atoms with Crippen molar-refractivity contribution in [3.63, 3.8) is 0 Å². The molecule has 0 N–H and O–H groups in total. The topological polar surface area (TPSA) is 66.9 Å². The number of anilines is 1. The minimum absolute atomic E-state index is 0.0674. The summed E-state index contributed by atoms with van der Waals surface area (Å²) in [4.78, 5) is 14.4. The van der Waals surface area contributed by atoms with Crippen LogP contribution in [-0.2, 0) is 27.8 Å². The third-order valence-corrected chi connectivity index (χ3v) is 8.67. The molecule has 2 aliphatic rings. The first-order valence-corrected chi connectivity index (χ1v) is 13.0. The third-order valence-electron chi connectivity index (χ3n) is 6.80. The van der Waals surface area contributed by atoms with Crippen molar-refractivity contribution in [2.24, 2.45) is 0 Å². The summed E-state index contributed by atoms with van der Waals surface area (Å²) in [6.45, 7) is 3.10. The van der Waals surface area contributed by atoms with Gasteiger partial charge in [0.1, 0.15) is 6.61 Å². The molecule has 0 bridgehead atoms. The lowest BCUT2D eigenvalue weighted by Crippen LogP contribution is -2.51. The Labute approximate surface area is 194 Å². The summed E-state index contributed by atoms with van der Waals surface area (Å²) in [5.74, 6) is 0.0827. The minimum Gasteiger partial charge on any atom is -0.444 e. The molecule has 3 aromatic rings. The normalized spacial score (nSPS) is 17.7. The first-order chi connectivity index (χ1) is 15.9. The van der Waals surface area contributed by atoms with E-state index >= 15 is 0 Å². The van der Waals surface area contributed by atoms with Crippen molar-refractivity contribution >= 4 is 32.6 Å². The highest BCUT2D eigenvalue weighted by molar-refractivity contribution is 7.89. The second-order valence-corrected chi connectivity index (χ2v) is 10.9. The van der Waals surface area contributed by atoms with E-state index in [0.717, 1.165) is 33.2 Å². The molecule has 5 rings (SSSR count). The predicted octanol–water partition coefficient (Wildman–Crippen LogP) is 4.64. The number of benzene rings is 3. The molecule has 2 aliphatic heterocycles. The van der Waals surface area contributed by atoms with Gasteiger partial charge < -0.3 is 4.74 Å². The molecule has 33 heavy (non-hydrogen) atoms. The fourth-order valence-corrected chi connectivity index (χ4v) is 6.57. The largest absolute Gasteiger partial charge is 0.444 e. The molecular weight excluding hydrogens is 436 g/mol. The molecule has 6 nitrogen and oxygen atoms in total. The molecule has 1 amide bonds. The second-order valence-electron chi connectivity index (χ2n) is 8.84. The number of aryl methyl sites for hydroxylation is 2. The van der Waals surface area contributed by atoms with Gasteiger partial charge in [0.2, 0.25) is 10.0 Å². The van der Waals surface area contributed by atoms with Gasteiger partial charge in [-0.15, -0.1) is 0 Å². The molecule has 0 atom stereocenters. The monoisotopic (exact) mass is 464 g/mol. The molecule has 1 saturated heterocycles. The molecule has 0 aliphatic carbocycles. The Morgan fingerprint density at radius 3 is 2.52 bits per heavy atom. The molecule has 0 spiro atoms. The van der Waals surface area contributed by atoms with Gasteiger partial charge in [-0.25, -0.2) is 17.5 Å². The van der Waals surface area contributed by atoms with E-state index in [0.29, 0.717) is 32.4 Å². The fraction of sp³-hybridized carbons (Fsp3) is 0.346. The van der Waals surface area contributed by atoms with Crippen molar-refractivity contribution in [3.8, 4) is 0 Å². The van der Waals surface area contributed by atoms with E-state index in [-0.39, 0.29) is 24.5 Å². The van der Waals surface area contributed by atoms with Gasteiger partial charge in [-0.3, -0.25) is 4.90 Å². The van der Waals surface area contributed by atoms with Crippen LogP contribution in [0, 0.1) is 6.92 Å². The third kappa shape index (κ3) is 4.23. The number of fused-ring (bicyclic) bond motifs is 2. The van der Waals surface area contributed by atoms with Crippen molar-refractivity contribution in [2.75, 3.05) is 23.7 Å². The van der Waals surface area contributed by atoms with Crippen LogP contribution < -0.4 is 4.90 Å². The number of nitrogens with zero attached hydrogens (tertiary/aromatic N) is 2. The Balaban J connectivity index is 1.27. The number of ether oxygens (including phenoxy) is 1. The Morgan fingerprint density at radius 1 is 0.970 bits per heavy atom. The highest BCUT2D eigenvalue weighted by Gasteiger charge is 2.37. The maximum atomic E-state index is 13.1. The van der Waals surface area contributed by atoms with E-state index in [1.54, 1.807) is 9.21 Å². The molecule has 1 fully saturated rings. The number of hydrogen-bond acceptors (Lipinski definition) is 4. The summed E-state index contributed by atoms with van der Waals surface area (Å²) < 4.78 is 33.2. The van der Waals surface area contributed by atoms with E-state index in [9.17, 15) is 13.2 Å². The Bertz CT molecular complexity index is 1290. The van der Waals surface area contributed by atoms with Crippen molar-refractivity contribution in [1.29, 1.82) is 0 Å². The number of hydrogen-bond donors (Lipinski definition) is 0. The van der Waals surface area contributed by atoms with Gasteiger partial charge in [0.15, 0.2) is 0 Å². The first-order valence-electron chi connectivity index (χ1n) is 11.4. The SMILES string of the molecule is Cc1cccc2c1N(C1CCN(S(=O)(=O)CCc3cccc4ccccc34)CC1)C(=O)OC2. The maximum absolute atomic E-state index is 13.1. The van der Waals surface area contributed by atoms with Gasteiger partial charge in [0, 0.05) is 24.7 Å². The summed E-state index contributed by atoms with van der Waals surface area (Å²) in [5, 5.41) is 2.23. The average molecular weight is 465 g/mol. The Kier molecular flexibility index (Phi) is 5.85. The van der Waals surface area contributed by atoms with Gasteiger partial charge in [-0.1, -0.05) is 60.7 Å². The maximum Gasteiger partial charge on any atom is 0.414 e. The van der Waals surface area contributed by atoms with Crippen LogP contribution in [0.15, 0.2) is 60.7 Å². The lowest BCUT2D eigenvalue weighted by Gasteiger charge is -2.40. The molecular formula is C26H28N2O4S. The molecule has 7 heteroatoms. The predicted molar refractivity (Wildman–Crippen MR) is 130 cm³/mol. The van der Waals surface area contributed by atoms with Gasteiger partial charge in [-0.2, -0.15) is 0 Å². The van der Waals surface area contributed by atoms with Crippen LogP contribution in [0.2, 0.25) is 0 Å². The zero-order valence-corrected chi connectivity index (χ0v) is 19.6. The van der Waals surface area contributed by atoms with Crippen LogP contribution >= 0.6 is 0 Å². The van der Waals surface area contributed by atoms with Crippen molar-refractivity contribution in [2.45, 2.75) is 38.8 Å². The first kappa shape index (κ1) is 21.9. The van der Waals surface area contributed by atoms with Crippen LogP contribution in [0.25, 0.3) is 10.8 Å². The number of cyclic esters (lactones) is 1. The minimum atomic E-state index is -3.39. The van der Waals surface area contributed by atoms with Crippen LogP contribution in [-0.4, -0.2) is 43.7 Å². The van der Waals surface area contributed by atoms with E-state index in [1.165, 1.54) is 0 Å². The molecule has 0 radical (unpaired) electrons. The lowest BCUT2D eigenvalue weighted by molar-refractivity contribution is 0.135.